The van der Waals surface area contributed by atoms with E-state index >= 15 is 0 Å². The minimum Gasteiger partial charge on any atom is -0.388 e. The largest absolute Gasteiger partial charge is 0.388 e. The molecule has 0 saturated carbocycles. The van der Waals surface area contributed by atoms with Crippen LogP contribution in [0.25, 0.3) is 0 Å². The van der Waals surface area contributed by atoms with Crippen LogP contribution >= 0.6 is 11.8 Å². The van der Waals surface area contributed by atoms with Gasteiger partial charge in [0.15, 0.2) is 0 Å². The predicted octanol–water partition coefficient (Wildman–Crippen LogP) is -0.596. The number of nitrogens with one attached hydrogen (secondary N) is 1. The lowest BCUT2D eigenvalue weighted by Gasteiger charge is -2.20. The number of thioether (sulfide) groups is 1. The molecule has 1 aliphatic rings. The van der Waals surface area contributed by atoms with Crippen molar-refractivity contribution in [2.24, 2.45) is 0 Å². The fraction of sp³-hybridized carbons (Fsp3) is 1.00. The lowest BCUT2D eigenvalue weighted by molar-refractivity contribution is 0.0735. The number of hydrogen-bond acceptors (Lipinski definition) is 4. The maximum atomic E-state index is 10.7. The zero-order valence-electron chi connectivity index (χ0n) is 6.91. The van der Waals surface area contributed by atoms with Crippen LogP contribution in [0.2, 0.25) is 0 Å². The lowest BCUT2D eigenvalue weighted by atomic mass is 10.1. The second kappa shape index (κ2) is 3.53. The molecular weight excluding hydrogens is 198 g/mol. The van der Waals surface area contributed by atoms with Crippen LogP contribution in [0.1, 0.15) is 6.42 Å². The Balaban J connectivity index is 2.41. The van der Waals surface area contributed by atoms with Gasteiger partial charge in [-0.1, -0.05) is 0 Å². The van der Waals surface area contributed by atoms with E-state index in [0.29, 0.717) is 12.2 Å². The van der Waals surface area contributed by atoms with E-state index in [-0.39, 0.29) is 6.54 Å². The summed E-state index contributed by atoms with van der Waals surface area (Å²) in [6.07, 6.45) is 1.76. The Bertz CT molecular complexity index is 244. The summed E-state index contributed by atoms with van der Waals surface area (Å²) < 4.78 is 23.7. The molecule has 1 fully saturated rings. The molecule has 0 bridgehead atoms. The second-order valence-electron chi connectivity index (χ2n) is 3.12. The summed E-state index contributed by atoms with van der Waals surface area (Å²) in [7, 11) is -3.17. The summed E-state index contributed by atoms with van der Waals surface area (Å²) in [5.74, 6) is 1.53. The fourth-order valence-electron chi connectivity index (χ4n) is 1.00. The SMILES string of the molecule is CS(=O)(=O)NCC1(O)CCSC1. The molecule has 1 heterocycles. The molecule has 4 nitrogen and oxygen atoms in total. The van der Waals surface area contributed by atoms with Gasteiger partial charge < -0.3 is 5.11 Å². The molecular formula is C6H13NO3S2. The fourth-order valence-corrected chi connectivity index (χ4v) is 2.83. The molecule has 0 aromatic rings. The lowest BCUT2D eigenvalue weighted by Crippen LogP contribution is -2.42. The van der Waals surface area contributed by atoms with Crippen LogP contribution in [-0.2, 0) is 10.0 Å². The molecule has 2 N–H and O–H groups in total. The molecule has 1 unspecified atom stereocenters. The Morgan fingerprint density at radius 3 is 2.75 bits per heavy atom. The smallest absolute Gasteiger partial charge is 0.208 e. The summed E-state index contributed by atoms with van der Waals surface area (Å²) >= 11 is 1.65. The summed E-state index contributed by atoms with van der Waals surface area (Å²) in [6.45, 7) is 0.138. The van der Waals surface area contributed by atoms with Crippen LogP contribution in [-0.4, -0.2) is 43.4 Å². The molecule has 1 aliphatic heterocycles. The van der Waals surface area contributed by atoms with Gasteiger partial charge in [-0.15, -0.1) is 0 Å². The molecule has 6 heteroatoms. The molecule has 0 aromatic heterocycles. The van der Waals surface area contributed by atoms with Crippen molar-refractivity contribution in [2.75, 3.05) is 24.3 Å². The maximum absolute atomic E-state index is 10.7. The van der Waals surface area contributed by atoms with Gasteiger partial charge in [0.25, 0.3) is 0 Å². The molecule has 72 valence electrons. The first kappa shape index (κ1) is 10.3. The van der Waals surface area contributed by atoms with Crippen molar-refractivity contribution >= 4 is 21.8 Å². The van der Waals surface area contributed by atoms with E-state index in [2.05, 4.69) is 4.72 Å². The molecule has 0 aliphatic carbocycles. The molecule has 1 saturated heterocycles. The van der Waals surface area contributed by atoms with Crippen molar-refractivity contribution in [2.45, 2.75) is 12.0 Å². The first-order chi connectivity index (χ1) is 5.41. The third-order valence-electron chi connectivity index (χ3n) is 1.75. The quantitative estimate of drug-likeness (QED) is 0.654. The van der Waals surface area contributed by atoms with Crippen molar-refractivity contribution in [3.63, 3.8) is 0 Å². The van der Waals surface area contributed by atoms with Crippen molar-refractivity contribution in [1.82, 2.24) is 4.72 Å². The number of aliphatic hydroxyl groups is 1. The molecule has 0 amide bonds. The molecule has 0 radical (unpaired) electrons. The van der Waals surface area contributed by atoms with Gasteiger partial charge in [-0.25, -0.2) is 13.1 Å². The van der Waals surface area contributed by atoms with E-state index < -0.39 is 15.6 Å². The monoisotopic (exact) mass is 211 g/mol. The highest BCUT2D eigenvalue weighted by Crippen LogP contribution is 2.26. The first-order valence-corrected chi connectivity index (χ1v) is 6.71. The summed E-state index contributed by atoms with van der Waals surface area (Å²) in [4.78, 5) is 0. The van der Waals surface area contributed by atoms with Crippen LogP contribution in [0.3, 0.4) is 0 Å². The predicted molar refractivity (Wildman–Crippen MR) is 49.7 cm³/mol. The van der Waals surface area contributed by atoms with Crippen molar-refractivity contribution < 1.29 is 13.5 Å². The third kappa shape index (κ3) is 3.30. The van der Waals surface area contributed by atoms with Gasteiger partial charge in [0.1, 0.15) is 0 Å². The zero-order valence-corrected chi connectivity index (χ0v) is 8.54. The van der Waals surface area contributed by atoms with E-state index in [4.69, 9.17) is 0 Å². The minimum absolute atomic E-state index is 0.138. The highest BCUT2D eigenvalue weighted by molar-refractivity contribution is 7.99. The van der Waals surface area contributed by atoms with Gasteiger partial charge in [0, 0.05) is 12.3 Å². The molecule has 0 spiro atoms. The van der Waals surface area contributed by atoms with Crippen LogP contribution in [0, 0.1) is 0 Å². The molecule has 1 atom stereocenters. The van der Waals surface area contributed by atoms with Crippen molar-refractivity contribution in [3.8, 4) is 0 Å². The summed E-state index contributed by atoms with van der Waals surface area (Å²) in [5.41, 5.74) is -0.826. The first-order valence-electron chi connectivity index (χ1n) is 3.66. The average Bonchev–Trinajstić information content (AvgIpc) is 2.32. The highest BCUT2D eigenvalue weighted by atomic mass is 32.2. The van der Waals surface area contributed by atoms with Gasteiger partial charge in [-0.2, -0.15) is 11.8 Å². The maximum Gasteiger partial charge on any atom is 0.208 e. The van der Waals surface area contributed by atoms with Gasteiger partial charge in [-0.3, -0.25) is 0 Å². The van der Waals surface area contributed by atoms with Gasteiger partial charge >= 0.3 is 0 Å². The Kier molecular flexibility index (Phi) is 3.03. The Morgan fingerprint density at radius 1 is 1.67 bits per heavy atom. The van der Waals surface area contributed by atoms with Crippen molar-refractivity contribution in [1.29, 1.82) is 0 Å². The topological polar surface area (TPSA) is 66.4 Å². The van der Waals surface area contributed by atoms with E-state index in [1.165, 1.54) is 0 Å². The summed E-state index contributed by atoms with van der Waals surface area (Å²) in [6, 6.07) is 0. The van der Waals surface area contributed by atoms with E-state index in [9.17, 15) is 13.5 Å². The van der Waals surface area contributed by atoms with Gasteiger partial charge in [-0.05, 0) is 12.2 Å². The molecule has 1 rings (SSSR count). The second-order valence-corrected chi connectivity index (χ2v) is 6.06. The Labute approximate surface area is 76.8 Å². The normalized spacial score (nSPS) is 30.8. The van der Waals surface area contributed by atoms with E-state index in [1.54, 1.807) is 11.8 Å². The minimum atomic E-state index is -3.17. The van der Waals surface area contributed by atoms with Crippen LogP contribution in [0.15, 0.2) is 0 Å². The van der Waals surface area contributed by atoms with Crippen LogP contribution in [0.5, 0.6) is 0 Å². The average molecular weight is 211 g/mol. The van der Waals surface area contributed by atoms with E-state index in [1.807, 2.05) is 0 Å². The van der Waals surface area contributed by atoms with Crippen molar-refractivity contribution in [3.05, 3.63) is 0 Å². The zero-order chi connectivity index (χ0) is 9.24. The van der Waals surface area contributed by atoms with Crippen LogP contribution in [0.4, 0.5) is 0 Å². The van der Waals surface area contributed by atoms with E-state index in [0.717, 1.165) is 12.0 Å². The Morgan fingerprint density at radius 2 is 2.33 bits per heavy atom. The van der Waals surface area contributed by atoms with Crippen LogP contribution < -0.4 is 4.72 Å². The third-order valence-corrected chi connectivity index (χ3v) is 3.65. The number of rotatable bonds is 3. The molecule has 0 aromatic carbocycles. The highest BCUT2D eigenvalue weighted by Gasteiger charge is 2.32. The standard InChI is InChI=1S/C6H13NO3S2/c1-12(9,10)7-4-6(8)2-3-11-5-6/h7-8H,2-5H2,1H3. The summed E-state index contributed by atoms with van der Waals surface area (Å²) in [5, 5.41) is 9.71. The molecule has 12 heavy (non-hydrogen) atoms. The number of hydrogen-bond donors (Lipinski definition) is 2. The van der Waals surface area contributed by atoms with Gasteiger partial charge in [0.2, 0.25) is 10.0 Å². The number of sulfonamides is 1. The Hall–Kier alpha value is 0.220. The van der Waals surface area contributed by atoms with Gasteiger partial charge in [0.05, 0.1) is 11.9 Å².